The van der Waals surface area contributed by atoms with Gasteiger partial charge >= 0.3 is 0 Å². The summed E-state index contributed by atoms with van der Waals surface area (Å²) in [5.74, 6) is 0.475. The van der Waals surface area contributed by atoms with Gasteiger partial charge in [-0.2, -0.15) is 0 Å². The fourth-order valence-electron chi connectivity index (χ4n) is 4.39. The van der Waals surface area contributed by atoms with E-state index in [4.69, 9.17) is 0 Å². The number of pyridine rings is 1. The second-order valence-corrected chi connectivity index (χ2v) is 8.24. The van der Waals surface area contributed by atoms with Gasteiger partial charge in [0.05, 0.1) is 0 Å². The first-order valence-electron chi connectivity index (χ1n) is 10.3. The Bertz CT molecular complexity index is 855. The van der Waals surface area contributed by atoms with Crippen LogP contribution in [0.3, 0.4) is 0 Å². The molecule has 0 unspecified atom stereocenters. The van der Waals surface area contributed by atoms with Gasteiger partial charge in [-0.05, 0) is 44.9 Å². The topological polar surface area (TPSA) is 39.7 Å². The number of piperidine rings is 1. The predicted octanol–water partition coefficient (Wildman–Crippen LogP) is 3.06. The van der Waals surface area contributed by atoms with E-state index in [0.29, 0.717) is 23.8 Å². The van der Waals surface area contributed by atoms with E-state index >= 15 is 0 Å². The molecule has 2 aliphatic rings. The normalized spacial score (nSPS) is 19.4. The summed E-state index contributed by atoms with van der Waals surface area (Å²) in [6.45, 7) is 7.34. The number of fused-ring (bicyclic) bond motifs is 1. The lowest BCUT2D eigenvalue weighted by atomic mass is 9.92. The molecule has 1 amide bonds. The smallest absolute Gasteiger partial charge is 0.222 e. The Labute approximate surface area is 166 Å². The van der Waals surface area contributed by atoms with Gasteiger partial charge in [0.1, 0.15) is 11.3 Å². The molecule has 0 saturated carbocycles. The van der Waals surface area contributed by atoms with E-state index in [1.807, 2.05) is 17.9 Å². The van der Waals surface area contributed by atoms with Crippen LogP contribution in [-0.2, 0) is 4.79 Å². The van der Waals surface area contributed by atoms with Gasteiger partial charge in [-0.15, -0.1) is 0 Å². The molecule has 0 radical (unpaired) electrons. The van der Waals surface area contributed by atoms with E-state index in [1.54, 1.807) is 6.07 Å². The average molecular weight is 384 g/mol. The van der Waals surface area contributed by atoms with E-state index in [0.717, 1.165) is 68.9 Å². The van der Waals surface area contributed by atoms with Gasteiger partial charge in [-0.1, -0.05) is 12.1 Å². The molecule has 28 heavy (non-hydrogen) atoms. The Hall–Kier alpha value is -2.21. The van der Waals surface area contributed by atoms with Gasteiger partial charge in [0.15, 0.2) is 0 Å². The number of rotatable bonds is 3. The number of benzene rings is 1. The van der Waals surface area contributed by atoms with Crippen LogP contribution in [0, 0.1) is 18.7 Å². The van der Waals surface area contributed by atoms with E-state index in [1.165, 1.54) is 6.07 Å². The number of hydrogen-bond donors (Lipinski definition) is 0. The van der Waals surface area contributed by atoms with Crippen LogP contribution in [0.5, 0.6) is 0 Å². The molecule has 6 heteroatoms. The number of aromatic nitrogens is 1. The van der Waals surface area contributed by atoms with Gasteiger partial charge in [0, 0.05) is 62.5 Å². The zero-order valence-corrected chi connectivity index (χ0v) is 16.8. The third-order valence-corrected chi connectivity index (χ3v) is 6.17. The standard InChI is InChI=1S/C22H29FN4O/c1-16-14-20(18-4-3-5-19(23)22(18)24-16)26-8-6-17(7-9-26)15-21(28)27-12-10-25(2)11-13-27/h3-5,14,17H,6-13,15H2,1-2H3. The fraction of sp³-hybridized carbons (Fsp3) is 0.545. The van der Waals surface area contributed by atoms with E-state index in [-0.39, 0.29) is 5.82 Å². The minimum absolute atomic E-state index is 0.268. The van der Waals surface area contributed by atoms with Crippen molar-refractivity contribution in [1.82, 2.24) is 14.8 Å². The highest BCUT2D eigenvalue weighted by atomic mass is 19.1. The highest BCUT2D eigenvalue weighted by Gasteiger charge is 2.26. The summed E-state index contributed by atoms with van der Waals surface area (Å²) in [6.07, 6.45) is 2.65. The lowest BCUT2D eigenvalue weighted by Gasteiger charge is -2.36. The van der Waals surface area contributed by atoms with Gasteiger partial charge in [0.25, 0.3) is 0 Å². The van der Waals surface area contributed by atoms with Crippen molar-refractivity contribution < 1.29 is 9.18 Å². The van der Waals surface area contributed by atoms with Crippen molar-refractivity contribution in [3.63, 3.8) is 0 Å². The zero-order valence-electron chi connectivity index (χ0n) is 16.8. The maximum absolute atomic E-state index is 14.2. The SMILES string of the molecule is Cc1cc(N2CCC(CC(=O)N3CCN(C)CC3)CC2)c2cccc(F)c2n1. The number of nitrogens with zero attached hydrogens (tertiary/aromatic N) is 4. The van der Waals surface area contributed by atoms with Crippen molar-refractivity contribution in [3.8, 4) is 0 Å². The molecule has 0 aliphatic carbocycles. The Kier molecular flexibility index (Phi) is 5.49. The largest absolute Gasteiger partial charge is 0.371 e. The number of carbonyl (C=O) groups excluding carboxylic acids is 1. The molecule has 4 rings (SSSR count). The van der Waals surface area contributed by atoms with Gasteiger partial charge in [-0.3, -0.25) is 4.79 Å². The zero-order chi connectivity index (χ0) is 19.7. The number of aryl methyl sites for hydroxylation is 1. The number of piperazine rings is 1. The number of hydrogen-bond acceptors (Lipinski definition) is 4. The lowest BCUT2D eigenvalue weighted by Crippen LogP contribution is -2.47. The Balaban J connectivity index is 1.40. The Morgan fingerprint density at radius 1 is 1.14 bits per heavy atom. The fourth-order valence-corrected chi connectivity index (χ4v) is 4.39. The number of para-hydroxylation sites is 1. The summed E-state index contributed by atoms with van der Waals surface area (Å²) in [4.78, 5) is 23.6. The molecule has 2 saturated heterocycles. The summed E-state index contributed by atoms with van der Waals surface area (Å²) in [5.41, 5.74) is 2.34. The second kappa shape index (κ2) is 8.03. The number of carbonyl (C=O) groups is 1. The molecule has 1 aromatic heterocycles. The average Bonchev–Trinajstić information content (AvgIpc) is 2.69. The van der Waals surface area contributed by atoms with Crippen molar-refractivity contribution in [1.29, 1.82) is 0 Å². The van der Waals surface area contributed by atoms with Gasteiger partial charge in [-0.25, -0.2) is 9.37 Å². The molecule has 1 aromatic carbocycles. The number of amides is 1. The molecule has 0 atom stereocenters. The first-order valence-corrected chi connectivity index (χ1v) is 10.3. The lowest BCUT2D eigenvalue weighted by molar-refractivity contribution is -0.133. The van der Waals surface area contributed by atoms with Crippen LogP contribution in [0.4, 0.5) is 10.1 Å². The Morgan fingerprint density at radius 2 is 1.86 bits per heavy atom. The highest BCUT2D eigenvalue weighted by molar-refractivity contribution is 5.92. The summed E-state index contributed by atoms with van der Waals surface area (Å²) < 4.78 is 14.2. The summed E-state index contributed by atoms with van der Waals surface area (Å²) in [7, 11) is 2.11. The van der Waals surface area contributed by atoms with Crippen LogP contribution in [0.25, 0.3) is 10.9 Å². The molecule has 2 aromatic rings. The highest BCUT2D eigenvalue weighted by Crippen LogP contribution is 2.32. The summed E-state index contributed by atoms with van der Waals surface area (Å²) in [5, 5.41) is 0.873. The molecule has 5 nitrogen and oxygen atoms in total. The summed E-state index contributed by atoms with van der Waals surface area (Å²) in [6, 6.07) is 7.22. The number of halogens is 1. The van der Waals surface area contributed by atoms with Gasteiger partial charge < -0.3 is 14.7 Å². The van der Waals surface area contributed by atoms with Crippen LogP contribution in [0.15, 0.2) is 24.3 Å². The van der Waals surface area contributed by atoms with E-state index in [2.05, 4.69) is 27.9 Å². The van der Waals surface area contributed by atoms with Crippen molar-refractivity contribution in [2.45, 2.75) is 26.2 Å². The molecule has 0 spiro atoms. The van der Waals surface area contributed by atoms with Crippen molar-refractivity contribution >= 4 is 22.5 Å². The van der Waals surface area contributed by atoms with Crippen molar-refractivity contribution in [2.75, 3.05) is 51.2 Å². The number of anilines is 1. The predicted molar refractivity (Wildman–Crippen MR) is 110 cm³/mol. The molecule has 0 N–H and O–H groups in total. The number of likely N-dealkylation sites (N-methyl/N-ethyl adjacent to an activating group) is 1. The third-order valence-electron chi connectivity index (χ3n) is 6.17. The minimum Gasteiger partial charge on any atom is -0.371 e. The molecular weight excluding hydrogens is 355 g/mol. The van der Waals surface area contributed by atoms with Crippen LogP contribution in [-0.4, -0.2) is 67.0 Å². The third kappa shape index (κ3) is 3.97. The van der Waals surface area contributed by atoms with Gasteiger partial charge in [0.2, 0.25) is 5.91 Å². The summed E-state index contributed by atoms with van der Waals surface area (Å²) >= 11 is 0. The molecule has 2 fully saturated rings. The molecule has 3 heterocycles. The van der Waals surface area contributed by atoms with E-state index < -0.39 is 0 Å². The first kappa shape index (κ1) is 19.1. The Morgan fingerprint density at radius 3 is 2.57 bits per heavy atom. The second-order valence-electron chi connectivity index (χ2n) is 8.24. The monoisotopic (exact) mass is 384 g/mol. The molecular formula is C22H29FN4O. The molecule has 2 aliphatic heterocycles. The van der Waals surface area contributed by atoms with Crippen molar-refractivity contribution in [3.05, 3.63) is 35.8 Å². The maximum Gasteiger partial charge on any atom is 0.222 e. The van der Waals surface area contributed by atoms with Crippen molar-refractivity contribution in [2.24, 2.45) is 5.92 Å². The van der Waals surface area contributed by atoms with Crippen LogP contribution in [0.1, 0.15) is 25.0 Å². The van der Waals surface area contributed by atoms with Crippen LogP contribution in [0.2, 0.25) is 0 Å². The minimum atomic E-state index is -0.268. The molecule has 150 valence electrons. The van der Waals surface area contributed by atoms with Crippen LogP contribution < -0.4 is 4.90 Å². The quantitative estimate of drug-likeness (QED) is 0.815. The first-order chi connectivity index (χ1) is 13.5. The maximum atomic E-state index is 14.2. The molecule has 0 bridgehead atoms. The van der Waals surface area contributed by atoms with E-state index in [9.17, 15) is 9.18 Å². The van der Waals surface area contributed by atoms with Crippen LogP contribution >= 0.6 is 0 Å².